The topological polar surface area (TPSA) is 75.6 Å². The number of hydrogen-bond acceptors (Lipinski definition) is 3. The van der Waals surface area contributed by atoms with Crippen LogP contribution in [0.2, 0.25) is 0 Å². The lowest BCUT2D eigenvalue weighted by molar-refractivity contribution is -0.116. The molecule has 134 valence electrons. The number of benzene rings is 2. The number of hydrogen-bond donors (Lipinski definition) is 2. The number of carbonyl (C=O) groups excluding carboxylic acids is 1. The summed E-state index contributed by atoms with van der Waals surface area (Å²) in [5.74, 6) is 1.24. The lowest BCUT2D eigenvalue weighted by Gasteiger charge is -2.24. The summed E-state index contributed by atoms with van der Waals surface area (Å²) >= 11 is 3.47. The second-order valence-corrected chi connectivity index (χ2v) is 7.61. The summed E-state index contributed by atoms with van der Waals surface area (Å²) < 4.78 is 2.72. The first-order chi connectivity index (χ1) is 13.1. The van der Waals surface area contributed by atoms with Gasteiger partial charge >= 0.3 is 0 Å². The normalized spacial score (nSPS) is 16.4. The molecule has 1 aliphatic heterocycles. The highest BCUT2D eigenvalue weighted by molar-refractivity contribution is 9.10. The number of nitrogens with zero attached hydrogens (tertiary/aromatic N) is 3. The maximum absolute atomic E-state index is 12.4. The standard InChI is InChI=1S/C20H16BrN5O/c1-11-18-14(12-6-8-13(21)9-7-12)10-17(27)24-19(18)26(25-11)20-22-15-4-2-3-5-16(15)23-20/h2-9,14H,10H2,1H3,(H,22,23)(H,24,27)/t14-/m0/s1. The Hall–Kier alpha value is -2.93. The van der Waals surface area contributed by atoms with Crippen molar-refractivity contribution >= 4 is 38.7 Å². The first kappa shape index (κ1) is 16.3. The number of rotatable bonds is 2. The summed E-state index contributed by atoms with van der Waals surface area (Å²) in [6.07, 6.45) is 0.404. The van der Waals surface area contributed by atoms with Crippen molar-refractivity contribution in [2.75, 3.05) is 5.32 Å². The molecule has 1 amide bonds. The van der Waals surface area contributed by atoms with Crippen LogP contribution in [0.5, 0.6) is 0 Å². The van der Waals surface area contributed by atoms with Gasteiger partial charge in [0.15, 0.2) is 0 Å². The second-order valence-electron chi connectivity index (χ2n) is 6.69. The molecule has 0 saturated heterocycles. The molecule has 2 N–H and O–H groups in total. The van der Waals surface area contributed by atoms with Crippen LogP contribution in [0.1, 0.15) is 29.2 Å². The highest BCUT2D eigenvalue weighted by Crippen LogP contribution is 2.40. The highest BCUT2D eigenvalue weighted by Gasteiger charge is 2.33. The molecule has 0 saturated carbocycles. The molecular formula is C20H16BrN5O. The number of nitrogens with one attached hydrogen (secondary N) is 2. The predicted molar refractivity (Wildman–Crippen MR) is 107 cm³/mol. The third kappa shape index (κ3) is 2.66. The molecule has 7 heteroatoms. The van der Waals surface area contributed by atoms with Crippen LogP contribution >= 0.6 is 15.9 Å². The minimum atomic E-state index is -0.0278. The van der Waals surface area contributed by atoms with E-state index in [0.717, 1.165) is 32.3 Å². The zero-order chi connectivity index (χ0) is 18.5. The smallest absolute Gasteiger partial charge is 0.231 e. The number of H-pyrrole nitrogens is 1. The van der Waals surface area contributed by atoms with Crippen LogP contribution in [-0.2, 0) is 4.79 Å². The maximum atomic E-state index is 12.4. The Kier molecular flexibility index (Phi) is 3.65. The van der Waals surface area contributed by atoms with Crippen molar-refractivity contribution in [3.05, 3.63) is 69.8 Å². The number of aromatic amines is 1. The number of amides is 1. The average Bonchev–Trinajstić information content (AvgIpc) is 3.23. The van der Waals surface area contributed by atoms with Gasteiger partial charge in [0.1, 0.15) is 5.82 Å². The van der Waals surface area contributed by atoms with Gasteiger partial charge in [0, 0.05) is 22.4 Å². The SMILES string of the molecule is Cc1nn(-c2nc3ccccc3[nH]2)c2c1[C@H](c1ccc(Br)cc1)CC(=O)N2. The Bertz CT molecular complexity index is 1140. The number of carbonyl (C=O) groups is 1. The van der Waals surface area contributed by atoms with E-state index in [9.17, 15) is 4.79 Å². The number of imidazole rings is 1. The Morgan fingerprint density at radius 1 is 1.15 bits per heavy atom. The van der Waals surface area contributed by atoms with E-state index < -0.39 is 0 Å². The molecule has 2 aromatic heterocycles. The largest absolute Gasteiger partial charge is 0.322 e. The van der Waals surface area contributed by atoms with Gasteiger partial charge in [0.25, 0.3) is 0 Å². The van der Waals surface area contributed by atoms with Crippen molar-refractivity contribution in [1.82, 2.24) is 19.7 Å². The first-order valence-corrected chi connectivity index (χ1v) is 9.49. The average molecular weight is 422 g/mol. The highest BCUT2D eigenvalue weighted by atomic mass is 79.9. The summed E-state index contributed by atoms with van der Waals surface area (Å²) in [7, 11) is 0. The quantitative estimate of drug-likeness (QED) is 0.506. The van der Waals surface area contributed by atoms with Gasteiger partial charge in [-0.2, -0.15) is 9.78 Å². The van der Waals surface area contributed by atoms with Crippen LogP contribution in [0.25, 0.3) is 17.0 Å². The fraction of sp³-hybridized carbons (Fsp3) is 0.150. The molecule has 4 aromatic rings. The van der Waals surface area contributed by atoms with Crippen LogP contribution in [-0.4, -0.2) is 25.7 Å². The monoisotopic (exact) mass is 421 g/mol. The number of fused-ring (bicyclic) bond motifs is 2. The van der Waals surface area contributed by atoms with E-state index in [1.54, 1.807) is 4.68 Å². The number of para-hydroxylation sites is 2. The number of aromatic nitrogens is 4. The lowest BCUT2D eigenvalue weighted by Crippen LogP contribution is -2.25. The summed E-state index contributed by atoms with van der Waals surface area (Å²) in [4.78, 5) is 20.4. The Labute approximate surface area is 163 Å². The van der Waals surface area contributed by atoms with Gasteiger partial charge in [-0.1, -0.05) is 40.2 Å². The molecule has 1 atom stereocenters. The zero-order valence-electron chi connectivity index (χ0n) is 14.5. The molecule has 3 heterocycles. The summed E-state index contributed by atoms with van der Waals surface area (Å²) in [5.41, 5.74) is 4.82. The molecule has 5 rings (SSSR count). The number of halogens is 1. The number of aryl methyl sites for hydroxylation is 1. The van der Waals surface area contributed by atoms with E-state index in [1.807, 2.05) is 43.3 Å². The van der Waals surface area contributed by atoms with Crippen LogP contribution in [0, 0.1) is 6.92 Å². The summed E-state index contributed by atoms with van der Waals surface area (Å²) in [6, 6.07) is 15.9. The van der Waals surface area contributed by atoms with E-state index in [4.69, 9.17) is 0 Å². The van der Waals surface area contributed by atoms with Crippen molar-refractivity contribution in [3.63, 3.8) is 0 Å². The van der Waals surface area contributed by atoms with Crippen molar-refractivity contribution in [2.24, 2.45) is 0 Å². The molecule has 0 fully saturated rings. The van der Waals surface area contributed by atoms with E-state index >= 15 is 0 Å². The third-order valence-electron chi connectivity index (χ3n) is 4.95. The van der Waals surface area contributed by atoms with Gasteiger partial charge in [-0.25, -0.2) is 4.98 Å². The summed E-state index contributed by atoms with van der Waals surface area (Å²) in [6.45, 7) is 1.97. The van der Waals surface area contributed by atoms with Crippen LogP contribution in [0.3, 0.4) is 0 Å². The molecule has 0 bridgehead atoms. The fourth-order valence-corrected chi connectivity index (χ4v) is 3.98. The van der Waals surface area contributed by atoms with E-state index in [2.05, 4.69) is 48.4 Å². The molecule has 0 radical (unpaired) electrons. The van der Waals surface area contributed by atoms with Gasteiger partial charge in [0.05, 0.1) is 16.7 Å². The Balaban J connectivity index is 1.67. The molecule has 1 aliphatic rings. The van der Waals surface area contributed by atoms with Gasteiger partial charge in [0.2, 0.25) is 11.9 Å². The van der Waals surface area contributed by atoms with Crippen LogP contribution in [0.15, 0.2) is 53.0 Å². The zero-order valence-corrected chi connectivity index (χ0v) is 16.1. The van der Waals surface area contributed by atoms with Crippen molar-refractivity contribution in [1.29, 1.82) is 0 Å². The fourth-order valence-electron chi connectivity index (χ4n) is 3.72. The molecule has 0 unspecified atom stereocenters. The van der Waals surface area contributed by atoms with Gasteiger partial charge < -0.3 is 10.3 Å². The lowest BCUT2D eigenvalue weighted by atomic mass is 9.86. The first-order valence-electron chi connectivity index (χ1n) is 8.70. The molecule has 2 aromatic carbocycles. The Morgan fingerprint density at radius 2 is 1.93 bits per heavy atom. The van der Waals surface area contributed by atoms with E-state index in [0.29, 0.717) is 18.2 Å². The van der Waals surface area contributed by atoms with Gasteiger partial charge in [-0.3, -0.25) is 4.79 Å². The summed E-state index contributed by atoms with van der Waals surface area (Å²) in [5, 5.41) is 7.68. The molecule has 0 spiro atoms. The van der Waals surface area contributed by atoms with Crippen molar-refractivity contribution in [2.45, 2.75) is 19.3 Å². The van der Waals surface area contributed by atoms with E-state index in [-0.39, 0.29) is 11.8 Å². The molecule has 0 aliphatic carbocycles. The Morgan fingerprint density at radius 3 is 2.70 bits per heavy atom. The predicted octanol–water partition coefficient (Wildman–Crippen LogP) is 4.29. The second kappa shape index (κ2) is 6.06. The van der Waals surface area contributed by atoms with Crippen molar-refractivity contribution in [3.8, 4) is 5.95 Å². The molecule has 27 heavy (non-hydrogen) atoms. The third-order valence-corrected chi connectivity index (χ3v) is 5.48. The van der Waals surface area contributed by atoms with Gasteiger partial charge in [-0.15, -0.1) is 0 Å². The van der Waals surface area contributed by atoms with Crippen LogP contribution in [0.4, 0.5) is 5.82 Å². The van der Waals surface area contributed by atoms with Crippen LogP contribution < -0.4 is 5.32 Å². The van der Waals surface area contributed by atoms with Crippen molar-refractivity contribution < 1.29 is 4.79 Å². The number of anilines is 1. The molecular weight excluding hydrogens is 406 g/mol. The minimum absolute atomic E-state index is 0.0207. The molecule has 6 nitrogen and oxygen atoms in total. The van der Waals surface area contributed by atoms with Gasteiger partial charge in [-0.05, 0) is 36.8 Å². The van der Waals surface area contributed by atoms with E-state index in [1.165, 1.54) is 0 Å². The maximum Gasteiger partial charge on any atom is 0.231 e. The minimum Gasteiger partial charge on any atom is -0.322 e.